The van der Waals surface area contributed by atoms with Gasteiger partial charge in [0.2, 0.25) is 5.91 Å². The van der Waals surface area contributed by atoms with E-state index >= 15 is 0 Å². The number of carbonyl (C=O) groups excluding carboxylic acids is 2. The number of hydrogen-bond donors (Lipinski definition) is 1. The van der Waals surface area contributed by atoms with Gasteiger partial charge in [0, 0.05) is 25.8 Å². The summed E-state index contributed by atoms with van der Waals surface area (Å²) in [5, 5.41) is 13.5. The van der Waals surface area contributed by atoms with E-state index in [0.717, 1.165) is 16.9 Å². The molecule has 1 N–H and O–H groups in total. The van der Waals surface area contributed by atoms with Gasteiger partial charge in [-0.15, -0.1) is 11.3 Å². The lowest BCUT2D eigenvalue weighted by atomic mass is 10.1. The van der Waals surface area contributed by atoms with Crippen LogP contribution in [0.2, 0.25) is 0 Å². The highest BCUT2D eigenvalue weighted by Gasteiger charge is 2.19. The smallest absolute Gasteiger partial charge is 0.283 e. The number of nitrogens with zero attached hydrogens (tertiary/aromatic N) is 2. The van der Waals surface area contributed by atoms with Gasteiger partial charge in [-0.05, 0) is 24.6 Å². The third kappa shape index (κ3) is 4.17. The summed E-state index contributed by atoms with van der Waals surface area (Å²) in [6, 6.07) is 8.20. The van der Waals surface area contributed by atoms with Crippen LogP contribution in [0.3, 0.4) is 0 Å². The Bertz CT molecular complexity index is 781. The normalized spacial score (nSPS) is 10.3. The molecule has 7 nitrogen and oxygen atoms in total. The Morgan fingerprint density at radius 1 is 1.25 bits per heavy atom. The SMILES string of the molecule is Cc1sc(C(=O)Nc2ccc(CC(=O)N(C)C)cc2)cc1[N+](=O)[O-]. The number of anilines is 1. The lowest BCUT2D eigenvalue weighted by Crippen LogP contribution is -2.23. The molecule has 126 valence electrons. The van der Waals surface area contributed by atoms with Gasteiger partial charge in [0.25, 0.3) is 11.6 Å². The molecule has 0 aliphatic rings. The summed E-state index contributed by atoms with van der Waals surface area (Å²) >= 11 is 1.08. The van der Waals surface area contributed by atoms with Gasteiger partial charge in [-0.2, -0.15) is 0 Å². The molecule has 2 rings (SSSR count). The van der Waals surface area contributed by atoms with Crippen molar-refractivity contribution in [3.05, 3.63) is 55.8 Å². The standard InChI is InChI=1S/C16H17N3O4S/c1-10-13(19(22)23)9-14(24-10)16(21)17-12-6-4-11(5-7-12)8-15(20)18(2)3/h4-7,9H,8H2,1-3H3,(H,17,21). The van der Waals surface area contributed by atoms with Gasteiger partial charge in [0.15, 0.2) is 0 Å². The first kappa shape index (κ1) is 17.6. The molecular formula is C16H17N3O4S. The van der Waals surface area contributed by atoms with E-state index < -0.39 is 10.8 Å². The molecule has 1 heterocycles. The molecule has 1 aromatic heterocycles. The van der Waals surface area contributed by atoms with Crippen molar-refractivity contribution in [1.29, 1.82) is 0 Å². The van der Waals surface area contributed by atoms with Crippen molar-refractivity contribution in [2.75, 3.05) is 19.4 Å². The molecule has 0 saturated heterocycles. The minimum absolute atomic E-state index is 0.00634. The van der Waals surface area contributed by atoms with Crippen LogP contribution < -0.4 is 5.32 Å². The number of thiophene rings is 1. The predicted molar refractivity (Wildman–Crippen MR) is 92.5 cm³/mol. The zero-order valence-corrected chi connectivity index (χ0v) is 14.3. The number of amides is 2. The maximum atomic E-state index is 12.2. The number of nitro groups is 1. The maximum absolute atomic E-state index is 12.2. The Morgan fingerprint density at radius 3 is 2.38 bits per heavy atom. The van der Waals surface area contributed by atoms with E-state index in [1.165, 1.54) is 11.0 Å². The van der Waals surface area contributed by atoms with E-state index in [0.29, 0.717) is 10.6 Å². The number of nitrogens with one attached hydrogen (secondary N) is 1. The molecule has 0 saturated carbocycles. The molecule has 24 heavy (non-hydrogen) atoms. The lowest BCUT2D eigenvalue weighted by Gasteiger charge is -2.10. The summed E-state index contributed by atoms with van der Waals surface area (Å²) < 4.78 is 0. The van der Waals surface area contributed by atoms with Gasteiger partial charge < -0.3 is 10.2 Å². The average Bonchev–Trinajstić information content (AvgIpc) is 2.91. The van der Waals surface area contributed by atoms with Crippen LogP contribution in [0.25, 0.3) is 0 Å². The summed E-state index contributed by atoms with van der Waals surface area (Å²) in [5.74, 6) is -0.401. The molecule has 0 aliphatic carbocycles. The third-order valence-electron chi connectivity index (χ3n) is 3.38. The van der Waals surface area contributed by atoms with E-state index in [2.05, 4.69) is 5.32 Å². The molecule has 8 heteroatoms. The summed E-state index contributed by atoms with van der Waals surface area (Å²) in [4.78, 5) is 36.4. The van der Waals surface area contributed by atoms with Crippen LogP contribution in [-0.2, 0) is 11.2 Å². The highest BCUT2D eigenvalue weighted by Crippen LogP contribution is 2.28. The largest absolute Gasteiger partial charge is 0.349 e. The van der Waals surface area contributed by atoms with Crippen molar-refractivity contribution in [2.24, 2.45) is 0 Å². The molecule has 0 spiro atoms. The molecule has 1 aromatic carbocycles. The van der Waals surface area contributed by atoms with E-state index in [4.69, 9.17) is 0 Å². The lowest BCUT2D eigenvalue weighted by molar-refractivity contribution is -0.385. The van der Waals surface area contributed by atoms with Crippen LogP contribution in [0.4, 0.5) is 11.4 Å². The highest BCUT2D eigenvalue weighted by molar-refractivity contribution is 7.14. The first-order valence-electron chi connectivity index (χ1n) is 7.13. The van der Waals surface area contributed by atoms with E-state index in [-0.39, 0.29) is 22.9 Å². The highest BCUT2D eigenvalue weighted by atomic mass is 32.1. The Kier molecular flexibility index (Phi) is 5.30. The number of benzene rings is 1. The Labute approximate surface area is 143 Å². The van der Waals surface area contributed by atoms with Crippen molar-refractivity contribution in [3.8, 4) is 0 Å². The van der Waals surface area contributed by atoms with Gasteiger partial charge in [0.05, 0.1) is 21.1 Å². The zero-order valence-electron chi connectivity index (χ0n) is 13.5. The van der Waals surface area contributed by atoms with Gasteiger partial charge in [-0.1, -0.05) is 12.1 Å². The number of carbonyl (C=O) groups is 2. The molecule has 0 unspecified atom stereocenters. The average molecular weight is 347 g/mol. The first-order valence-corrected chi connectivity index (χ1v) is 7.95. The van der Waals surface area contributed by atoms with Gasteiger partial charge >= 0.3 is 0 Å². The van der Waals surface area contributed by atoms with Crippen LogP contribution in [0, 0.1) is 17.0 Å². The molecule has 2 aromatic rings. The summed E-state index contributed by atoms with van der Waals surface area (Å²) in [7, 11) is 3.39. The van der Waals surface area contributed by atoms with Gasteiger partial charge in [-0.3, -0.25) is 19.7 Å². The minimum Gasteiger partial charge on any atom is -0.349 e. The molecule has 0 bridgehead atoms. The maximum Gasteiger partial charge on any atom is 0.283 e. The topological polar surface area (TPSA) is 92.6 Å². The Morgan fingerprint density at radius 2 is 1.88 bits per heavy atom. The molecule has 0 atom stereocenters. The number of hydrogen-bond acceptors (Lipinski definition) is 5. The van der Waals surface area contributed by atoms with Crippen LogP contribution in [0.15, 0.2) is 30.3 Å². The second-order valence-electron chi connectivity index (χ2n) is 5.43. The summed E-state index contributed by atoms with van der Waals surface area (Å²) in [6.07, 6.45) is 0.289. The molecular weight excluding hydrogens is 330 g/mol. The van der Waals surface area contributed by atoms with Crippen molar-refractivity contribution in [1.82, 2.24) is 4.90 Å². The number of aryl methyl sites for hydroxylation is 1. The van der Waals surface area contributed by atoms with Crippen LogP contribution >= 0.6 is 11.3 Å². The first-order chi connectivity index (χ1) is 11.3. The van der Waals surface area contributed by atoms with Crippen molar-refractivity contribution < 1.29 is 14.5 Å². The van der Waals surface area contributed by atoms with Crippen LogP contribution in [0.1, 0.15) is 20.1 Å². The monoisotopic (exact) mass is 347 g/mol. The second-order valence-corrected chi connectivity index (χ2v) is 6.68. The predicted octanol–water partition coefficient (Wildman–Crippen LogP) is 2.85. The Balaban J connectivity index is 2.05. The zero-order chi connectivity index (χ0) is 17.9. The van der Waals surface area contributed by atoms with Crippen LogP contribution in [-0.4, -0.2) is 35.7 Å². The molecule has 0 radical (unpaired) electrons. The second kappa shape index (κ2) is 7.22. The fourth-order valence-corrected chi connectivity index (χ4v) is 2.88. The Hall–Kier alpha value is -2.74. The van der Waals surface area contributed by atoms with Gasteiger partial charge in [0.1, 0.15) is 0 Å². The van der Waals surface area contributed by atoms with Crippen LogP contribution in [0.5, 0.6) is 0 Å². The van der Waals surface area contributed by atoms with E-state index in [9.17, 15) is 19.7 Å². The van der Waals surface area contributed by atoms with Crippen molar-refractivity contribution in [2.45, 2.75) is 13.3 Å². The minimum atomic E-state index is -0.501. The summed E-state index contributed by atoms with van der Waals surface area (Å²) in [6.45, 7) is 1.61. The quantitative estimate of drug-likeness (QED) is 0.665. The third-order valence-corrected chi connectivity index (χ3v) is 4.42. The van der Waals surface area contributed by atoms with Gasteiger partial charge in [-0.25, -0.2) is 0 Å². The molecule has 0 fully saturated rings. The van der Waals surface area contributed by atoms with Crippen molar-refractivity contribution >= 4 is 34.5 Å². The number of rotatable bonds is 5. The fourth-order valence-electron chi connectivity index (χ4n) is 2.00. The number of likely N-dealkylation sites (N-methyl/N-ethyl adjacent to an activating group) is 1. The fraction of sp³-hybridized carbons (Fsp3) is 0.250. The van der Waals surface area contributed by atoms with Crippen molar-refractivity contribution in [3.63, 3.8) is 0 Å². The molecule has 0 aliphatic heterocycles. The van der Waals surface area contributed by atoms with E-state index in [1.807, 2.05) is 0 Å². The van der Waals surface area contributed by atoms with E-state index in [1.54, 1.807) is 45.3 Å². The summed E-state index contributed by atoms with van der Waals surface area (Å²) in [5.41, 5.74) is 1.35. The molecule has 2 amide bonds.